The van der Waals surface area contributed by atoms with E-state index in [1.54, 1.807) is 13.2 Å². The van der Waals surface area contributed by atoms with E-state index in [1.165, 1.54) is 0 Å². The van der Waals surface area contributed by atoms with Gasteiger partial charge in [-0.3, -0.25) is 9.78 Å². The predicted octanol–water partition coefficient (Wildman–Crippen LogP) is 3.01. The zero-order chi connectivity index (χ0) is 16.1. The van der Waals surface area contributed by atoms with E-state index in [1.807, 2.05) is 42.7 Å². The van der Waals surface area contributed by atoms with Crippen molar-refractivity contribution < 1.29 is 9.47 Å². The second kappa shape index (κ2) is 7.38. The minimum absolute atomic E-state index is 0.122. The summed E-state index contributed by atoms with van der Waals surface area (Å²) in [5.74, 6) is 0.797. The Kier molecular flexibility index (Phi) is 5.51. The smallest absolute Gasteiger partial charge is 0.252 e. The normalized spacial score (nSPS) is 10.9. The number of aromatic amines is 1. The lowest BCUT2D eigenvalue weighted by atomic mass is 10.1. The fourth-order valence-electron chi connectivity index (χ4n) is 2.14. The van der Waals surface area contributed by atoms with Gasteiger partial charge in [-0.25, -0.2) is 0 Å². The van der Waals surface area contributed by atoms with E-state index in [0.29, 0.717) is 17.9 Å². The number of hydrogen-bond acceptors (Lipinski definition) is 4. The molecule has 1 N–H and O–H groups in total. The minimum Gasteiger partial charge on any atom is -0.491 e. The summed E-state index contributed by atoms with van der Waals surface area (Å²) in [5.41, 5.74) is 1.46. The highest BCUT2D eigenvalue weighted by Gasteiger charge is 2.07. The van der Waals surface area contributed by atoms with Crippen LogP contribution in [0.4, 0.5) is 0 Å². The maximum absolute atomic E-state index is 11.7. The first-order chi connectivity index (χ1) is 10.5. The number of methoxy groups -OCH3 is 1. The van der Waals surface area contributed by atoms with Gasteiger partial charge < -0.3 is 14.0 Å². The number of rotatable bonds is 6. The van der Waals surface area contributed by atoms with Gasteiger partial charge in [0.15, 0.2) is 4.77 Å². The molecule has 118 valence electrons. The number of benzene rings is 1. The summed E-state index contributed by atoms with van der Waals surface area (Å²) in [7, 11) is 1.63. The monoisotopic (exact) mass is 320 g/mol. The summed E-state index contributed by atoms with van der Waals surface area (Å²) >= 11 is 5.25. The SMILES string of the molecule is COCCn1c(-c2ccc(OC(C)C)cc2)cc(=O)[nH]c1=S. The molecule has 0 radical (unpaired) electrons. The first kappa shape index (κ1) is 16.5. The van der Waals surface area contributed by atoms with Crippen molar-refractivity contribution in [3.8, 4) is 17.0 Å². The molecule has 1 aromatic heterocycles. The van der Waals surface area contributed by atoms with Crippen LogP contribution in [0.5, 0.6) is 5.75 Å². The molecule has 22 heavy (non-hydrogen) atoms. The van der Waals surface area contributed by atoms with Crippen LogP contribution < -0.4 is 10.3 Å². The van der Waals surface area contributed by atoms with Gasteiger partial charge in [0.05, 0.1) is 18.4 Å². The molecule has 0 atom stereocenters. The van der Waals surface area contributed by atoms with Crippen LogP contribution >= 0.6 is 12.2 Å². The van der Waals surface area contributed by atoms with E-state index in [9.17, 15) is 4.79 Å². The maximum atomic E-state index is 11.7. The number of nitrogens with one attached hydrogen (secondary N) is 1. The van der Waals surface area contributed by atoms with Crippen molar-refractivity contribution in [1.29, 1.82) is 0 Å². The molecule has 0 fully saturated rings. The van der Waals surface area contributed by atoms with Crippen LogP contribution in [0.15, 0.2) is 35.1 Å². The van der Waals surface area contributed by atoms with E-state index in [-0.39, 0.29) is 11.7 Å². The van der Waals surface area contributed by atoms with Gasteiger partial charge in [-0.05, 0) is 55.9 Å². The fourth-order valence-corrected chi connectivity index (χ4v) is 2.43. The maximum Gasteiger partial charge on any atom is 0.252 e. The van der Waals surface area contributed by atoms with Gasteiger partial charge in [0.25, 0.3) is 5.56 Å². The molecule has 1 aromatic carbocycles. The van der Waals surface area contributed by atoms with Gasteiger partial charge in [0.2, 0.25) is 0 Å². The predicted molar refractivity (Wildman–Crippen MR) is 89.0 cm³/mol. The highest BCUT2D eigenvalue weighted by Crippen LogP contribution is 2.22. The van der Waals surface area contributed by atoms with E-state index in [2.05, 4.69) is 4.98 Å². The third-order valence-corrected chi connectivity index (χ3v) is 3.40. The Balaban J connectivity index is 2.42. The molecule has 0 bridgehead atoms. The van der Waals surface area contributed by atoms with Gasteiger partial charge >= 0.3 is 0 Å². The molecule has 0 amide bonds. The first-order valence-electron chi connectivity index (χ1n) is 7.11. The Hall–Kier alpha value is -1.92. The molecule has 0 unspecified atom stereocenters. The molecule has 0 aliphatic carbocycles. The molecule has 0 aliphatic rings. The standard InChI is InChI=1S/C16H20N2O3S/c1-11(2)21-13-6-4-12(5-7-13)14-10-15(19)17-16(22)18(14)8-9-20-3/h4-7,10-11H,8-9H2,1-3H3,(H,17,19,22). The summed E-state index contributed by atoms with van der Waals surface area (Å²) in [6.07, 6.45) is 0.122. The van der Waals surface area contributed by atoms with Crippen molar-refractivity contribution in [2.75, 3.05) is 13.7 Å². The fraction of sp³-hybridized carbons (Fsp3) is 0.375. The second-order valence-corrected chi connectivity index (χ2v) is 5.55. The zero-order valence-corrected chi connectivity index (χ0v) is 13.8. The lowest BCUT2D eigenvalue weighted by Gasteiger charge is -2.14. The van der Waals surface area contributed by atoms with E-state index < -0.39 is 0 Å². The molecule has 6 heteroatoms. The summed E-state index contributed by atoms with van der Waals surface area (Å²) in [4.78, 5) is 14.4. The van der Waals surface area contributed by atoms with Crippen LogP contribution in [0.3, 0.4) is 0 Å². The molecule has 0 saturated heterocycles. The van der Waals surface area contributed by atoms with Gasteiger partial charge in [-0.15, -0.1) is 0 Å². The van der Waals surface area contributed by atoms with Crippen LogP contribution in [-0.2, 0) is 11.3 Å². The Morgan fingerprint density at radius 3 is 2.55 bits per heavy atom. The first-order valence-corrected chi connectivity index (χ1v) is 7.52. The van der Waals surface area contributed by atoms with Gasteiger partial charge in [0, 0.05) is 19.7 Å². The highest BCUT2D eigenvalue weighted by atomic mass is 32.1. The number of ether oxygens (including phenoxy) is 2. The Labute approximate surface area is 134 Å². The third-order valence-electron chi connectivity index (χ3n) is 3.07. The quantitative estimate of drug-likeness (QED) is 0.831. The van der Waals surface area contributed by atoms with Gasteiger partial charge in [0.1, 0.15) is 5.75 Å². The molecule has 0 spiro atoms. The summed E-state index contributed by atoms with van der Waals surface area (Å²) in [6, 6.07) is 9.17. The Bertz CT molecular complexity index is 732. The Morgan fingerprint density at radius 2 is 1.95 bits per heavy atom. The largest absolute Gasteiger partial charge is 0.491 e. The summed E-state index contributed by atoms with van der Waals surface area (Å²) in [6.45, 7) is 5.05. The van der Waals surface area contributed by atoms with Gasteiger partial charge in [-0.1, -0.05) is 0 Å². The van der Waals surface area contributed by atoms with Crippen LogP contribution in [0.2, 0.25) is 0 Å². The number of H-pyrrole nitrogens is 1. The molecule has 2 aromatic rings. The zero-order valence-electron chi connectivity index (χ0n) is 13.0. The molecule has 5 nitrogen and oxygen atoms in total. The minimum atomic E-state index is -0.212. The van der Waals surface area contributed by atoms with Crippen LogP contribution in [0.1, 0.15) is 13.8 Å². The summed E-state index contributed by atoms with van der Waals surface area (Å²) in [5, 5.41) is 0. The average molecular weight is 320 g/mol. The molecule has 2 rings (SSSR count). The second-order valence-electron chi connectivity index (χ2n) is 5.16. The van der Waals surface area contributed by atoms with Gasteiger partial charge in [-0.2, -0.15) is 0 Å². The molecule has 0 aliphatic heterocycles. The Morgan fingerprint density at radius 1 is 1.27 bits per heavy atom. The number of nitrogens with zero attached hydrogens (tertiary/aromatic N) is 1. The molecular weight excluding hydrogens is 300 g/mol. The molecule has 1 heterocycles. The van der Waals surface area contributed by atoms with Crippen molar-refractivity contribution in [2.45, 2.75) is 26.5 Å². The lowest BCUT2D eigenvalue weighted by Crippen LogP contribution is -2.16. The van der Waals surface area contributed by atoms with Crippen LogP contribution in [0, 0.1) is 4.77 Å². The van der Waals surface area contributed by atoms with Crippen molar-refractivity contribution in [1.82, 2.24) is 9.55 Å². The average Bonchev–Trinajstić information content (AvgIpc) is 2.46. The van der Waals surface area contributed by atoms with E-state index in [4.69, 9.17) is 21.7 Å². The third kappa shape index (κ3) is 4.05. The van der Waals surface area contributed by atoms with Crippen molar-refractivity contribution in [3.05, 3.63) is 45.5 Å². The molecular formula is C16H20N2O3S. The van der Waals surface area contributed by atoms with Crippen LogP contribution in [0.25, 0.3) is 11.3 Å². The highest BCUT2D eigenvalue weighted by molar-refractivity contribution is 7.71. The summed E-state index contributed by atoms with van der Waals surface area (Å²) < 4.78 is 13.0. The van der Waals surface area contributed by atoms with Crippen LogP contribution in [-0.4, -0.2) is 29.4 Å². The number of hydrogen-bond donors (Lipinski definition) is 1. The van der Waals surface area contributed by atoms with E-state index >= 15 is 0 Å². The number of aromatic nitrogens is 2. The lowest BCUT2D eigenvalue weighted by molar-refractivity contribution is 0.186. The van der Waals surface area contributed by atoms with Crippen molar-refractivity contribution >= 4 is 12.2 Å². The molecule has 0 saturated carbocycles. The van der Waals surface area contributed by atoms with E-state index in [0.717, 1.165) is 17.0 Å². The topological polar surface area (TPSA) is 56.2 Å². The van der Waals surface area contributed by atoms with Crippen molar-refractivity contribution in [2.24, 2.45) is 0 Å². The van der Waals surface area contributed by atoms with Crippen molar-refractivity contribution in [3.63, 3.8) is 0 Å².